The summed E-state index contributed by atoms with van der Waals surface area (Å²) in [6, 6.07) is 15.5. The summed E-state index contributed by atoms with van der Waals surface area (Å²) in [5, 5.41) is 0. The van der Waals surface area contributed by atoms with E-state index < -0.39 is 0 Å². The van der Waals surface area contributed by atoms with E-state index in [1.807, 2.05) is 6.07 Å². The number of methoxy groups -OCH3 is 1. The molecule has 4 heteroatoms. The van der Waals surface area contributed by atoms with E-state index in [9.17, 15) is 0 Å². The largest absolute Gasteiger partial charge is 0.438 e. The van der Waals surface area contributed by atoms with Crippen LogP contribution in [0.3, 0.4) is 0 Å². The molecule has 2 aromatic carbocycles. The molecule has 0 aliphatic carbocycles. The fraction of sp³-hybridized carbons (Fsp3) is 0.381. The van der Waals surface area contributed by atoms with E-state index in [1.165, 1.54) is 42.6 Å². The van der Waals surface area contributed by atoms with Crippen LogP contribution in [0.2, 0.25) is 0 Å². The minimum absolute atomic E-state index is 0.396. The first-order chi connectivity index (χ1) is 12.2. The summed E-state index contributed by atoms with van der Waals surface area (Å²) < 4.78 is 10.8. The fourth-order valence-corrected chi connectivity index (χ4v) is 3.66. The lowest BCUT2D eigenvalue weighted by atomic mass is 9.99. The second kappa shape index (κ2) is 6.98. The van der Waals surface area contributed by atoms with Crippen molar-refractivity contribution in [3.8, 4) is 11.1 Å². The SMILES string of the molecule is COCc1nc2cc(-c3cccc([C@H](C)N4CCCC4)c3)ccc2o1. The number of benzene rings is 2. The maximum Gasteiger partial charge on any atom is 0.221 e. The van der Waals surface area contributed by atoms with Gasteiger partial charge >= 0.3 is 0 Å². The average molecular weight is 336 g/mol. The number of fused-ring (bicyclic) bond motifs is 1. The molecule has 0 radical (unpaired) electrons. The summed E-state index contributed by atoms with van der Waals surface area (Å²) in [7, 11) is 1.65. The Morgan fingerprint density at radius 1 is 1.12 bits per heavy atom. The summed E-state index contributed by atoms with van der Waals surface area (Å²) in [6.07, 6.45) is 2.63. The lowest BCUT2D eigenvalue weighted by Gasteiger charge is -2.24. The van der Waals surface area contributed by atoms with E-state index in [1.54, 1.807) is 7.11 Å². The van der Waals surface area contributed by atoms with Crippen LogP contribution in [0.4, 0.5) is 0 Å². The number of aromatic nitrogens is 1. The summed E-state index contributed by atoms with van der Waals surface area (Å²) in [5.41, 5.74) is 5.45. The third-order valence-corrected chi connectivity index (χ3v) is 5.09. The molecule has 1 aromatic heterocycles. The van der Waals surface area contributed by atoms with Gasteiger partial charge in [0.1, 0.15) is 12.1 Å². The number of hydrogen-bond donors (Lipinski definition) is 0. The van der Waals surface area contributed by atoms with Crippen molar-refractivity contribution in [3.05, 3.63) is 53.9 Å². The van der Waals surface area contributed by atoms with Crippen LogP contribution in [0.15, 0.2) is 46.9 Å². The predicted molar refractivity (Wildman–Crippen MR) is 99.4 cm³/mol. The van der Waals surface area contributed by atoms with Crippen molar-refractivity contribution in [2.24, 2.45) is 0 Å². The van der Waals surface area contributed by atoms with Gasteiger partial charge in [0.2, 0.25) is 5.89 Å². The molecule has 0 saturated carbocycles. The van der Waals surface area contributed by atoms with E-state index in [0.29, 0.717) is 18.5 Å². The zero-order valence-electron chi connectivity index (χ0n) is 14.9. The van der Waals surface area contributed by atoms with Crippen LogP contribution in [-0.4, -0.2) is 30.1 Å². The highest BCUT2D eigenvalue weighted by Crippen LogP contribution is 2.30. The number of ether oxygens (including phenoxy) is 1. The number of rotatable bonds is 5. The first kappa shape index (κ1) is 16.3. The van der Waals surface area contributed by atoms with Gasteiger partial charge in [-0.15, -0.1) is 0 Å². The van der Waals surface area contributed by atoms with Gasteiger partial charge in [-0.25, -0.2) is 4.98 Å². The van der Waals surface area contributed by atoms with E-state index >= 15 is 0 Å². The molecule has 130 valence electrons. The lowest BCUT2D eigenvalue weighted by molar-refractivity contribution is 0.161. The zero-order chi connectivity index (χ0) is 17.2. The van der Waals surface area contributed by atoms with Crippen LogP contribution in [0.25, 0.3) is 22.2 Å². The van der Waals surface area contributed by atoms with Gasteiger partial charge in [-0.05, 0) is 67.7 Å². The van der Waals surface area contributed by atoms with E-state index in [-0.39, 0.29) is 0 Å². The number of nitrogens with zero attached hydrogens (tertiary/aromatic N) is 2. The van der Waals surface area contributed by atoms with Crippen LogP contribution in [0.1, 0.15) is 37.3 Å². The van der Waals surface area contributed by atoms with Crippen LogP contribution in [-0.2, 0) is 11.3 Å². The Kier molecular flexibility index (Phi) is 4.55. The van der Waals surface area contributed by atoms with Crippen LogP contribution in [0.5, 0.6) is 0 Å². The van der Waals surface area contributed by atoms with Crippen molar-refractivity contribution in [2.45, 2.75) is 32.4 Å². The van der Waals surface area contributed by atoms with Crippen molar-refractivity contribution >= 4 is 11.1 Å². The second-order valence-corrected chi connectivity index (χ2v) is 6.77. The number of likely N-dealkylation sites (tertiary alicyclic amines) is 1. The van der Waals surface area contributed by atoms with Gasteiger partial charge in [-0.1, -0.05) is 24.3 Å². The molecule has 2 heterocycles. The van der Waals surface area contributed by atoms with Crippen LogP contribution in [0, 0.1) is 0 Å². The molecule has 3 aromatic rings. The third-order valence-electron chi connectivity index (χ3n) is 5.09. The molecule has 1 fully saturated rings. The smallest absolute Gasteiger partial charge is 0.221 e. The Balaban J connectivity index is 1.64. The molecule has 0 unspecified atom stereocenters. The Hall–Kier alpha value is -2.17. The molecule has 1 aliphatic heterocycles. The fourth-order valence-electron chi connectivity index (χ4n) is 3.66. The molecule has 1 saturated heterocycles. The van der Waals surface area contributed by atoms with E-state index in [0.717, 1.165) is 11.1 Å². The van der Waals surface area contributed by atoms with E-state index in [2.05, 4.69) is 53.2 Å². The number of hydrogen-bond acceptors (Lipinski definition) is 4. The molecule has 1 aliphatic rings. The minimum atomic E-state index is 0.396. The third kappa shape index (κ3) is 3.32. The molecular formula is C21H24N2O2. The molecule has 0 spiro atoms. The zero-order valence-corrected chi connectivity index (χ0v) is 14.9. The van der Waals surface area contributed by atoms with Gasteiger partial charge < -0.3 is 9.15 Å². The monoisotopic (exact) mass is 336 g/mol. The lowest BCUT2D eigenvalue weighted by Crippen LogP contribution is -2.23. The normalized spacial score (nSPS) is 16.6. The van der Waals surface area contributed by atoms with Crippen molar-refractivity contribution < 1.29 is 9.15 Å². The second-order valence-electron chi connectivity index (χ2n) is 6.77. The maximum absolute atomic E-state index is 5.69. The Bertz CT molecular complexity index is 865. The highest BCUT2D eigenvalue weighted by atomic mass is 16.5. The van der Waals surface area contributed by atoms with Gasteiger partial charge in [0.05, 0.1) is 0 Å². The molecule has 25 heavy (non-hydrogen) atoms. The first-order valence-electron chi connectivity index (χ1n) is 8.97. The number of oxazole rings is 1. The molecule has 1 atom stereocenters. The summed E-state index contributed by atoms with van der Waals surface area (Å²) in [5.74, 6) is 0.617. The minimum Gasteiger partial charge on any atom is -0.438 e. The van der Waals surface area contributed by atoms with E-state index in [4.69, 9.17) is 9.15 Å². The topological polar surface area (TPSA) is 38.5 Å². The molecule has 4 rings (SSSR count). The van der Waals surface area contributed by atoms with Crippen LogP contribution >= 0.6 is 0 Å². The highest BCUT2D eigenvalue weighted by Gasteiger charge is 2.19. The molecular weight excluding hydrogens is 312 g/mol. The molecule has 4 nitrogen and oxygen atoms in total. The Morgan fingerprint density at radius 2 is 1.92 bits per heavy atom. The molecule has 0 N–H and O–H groups in total. The standard InChI is InChI=1S/C21H24N2O2/c1-15(23-10-3-4-11-23)16-6-5-7-17(12-16)18-8-9-20-19(13-18)22-21(25-20)14-24-2/h5-9,12-13,15H,3-4,10-11,14H2,1-2H3/t15-/m0/s1. The van der Waals surface area contributed by atoms with Crippen LogP contribution < -0.4 is 0 Å². The van der Waals surface area contributed by atoms with Gasteiger partial charge in [-0.2, -0.15) is 0 Å². The van der Waals surface area contributed by atoms with Crippen molar-refractivity contribution in [1.82, 2.24) is 9.88 Å². The summed E-state index contributed by atoms with van der Waals surface area (Å²) in [4.78, 5) is 7.08. The molecule has 0 amide bonds. The van der Waals surface area contributed by atoms with Crippen molar-refractivity contribution in [3.63, 3.8) is 0 Å². The Labute approximate surface area is 148 Å². The quantitative estimate of drug-likeness (QED) is 0.671. The van der Waals surface area contributed by atoms with Gasteiger partial charge in [0.15, 0.2) is 5.58 Å². The van der Waals surface area contributed by atoms with Gasteiger partial charge in [-0.3, -0.25) is 4.90 Å². The maximum atomic E-state index is 5.69. The Morgan fingerprint density at radius 3 is 2.72 bits per heavy atom. The summed E-state index contributed by atoms with van der Waals surface area (Å²) in [6.45, 7) is 5.12. The summed E-state index contributed by atoms with van der Waals surface area (Å²) >= 11 is 0. The van der Waals surface area contributed by atoms with Crippen molar-refractivity contribution in [2.75, 3.05) is 20.2 Å². The highest BCUT2D eigenvalue weighted by molar-refractivity contribution is 5.80. The molecule has 0 bridgehead atoms. The van der Waals surface area contributed by atoms with Gasteiger partial charge in [0, 0.05) is 13.2 Å². The first-order valence-corrected chi connectivity index (χ1v) is 8.97. The predicted octanol–water partition coefficient (Wildman–Crippen LogP) is 4.80. The van der Waals surface area contributed by atoms with Crippen molar-refractivity contribution in [1.29, 1.82) is 0 Å². The van der Waals surface area contributed by atoms with Gasteiger partial charge in [0.25, 0.3) is 0 Å². The average Bonchev–Trinajstić information content (AvgIpc) is 3.30.